The largest absolute Gasteiger partial charge is 0.492 e. The third-order valence-electron chi connectivity index (χ3n) is 4.43. The van der Waals surface area contributed by atoms with E-state index in [2.05, 4.69) is 5.32 Å². The first-order valence-electron chi connectivity index (χ1n) is 9.30. The van der Waals surface area contributed by atoms with E-state index in [0.717, 1.165) is 12.0 Å². The van der Waals surface area contributed by atoms with Crippen LogP contribution in [0.5, 0.6) is 5.75 Å². The van der Waals surface area contributed by atoms with Crippen LogP contribution in [0, 0.1) is 5.92 Å². The minimum absolute atomic E-state index is 0.113. The molecular formula is C22H27NO4. The zero-order valence-corrected chi connectivity index (χ0v) is 16.1. The van der Waals surface area contributed by atoms with Gasteiger partial charge in [-0.15, -0.1) is 0 Å². The van der Waals surface area contributed by atoms with Crippen LogP contribution in [-0.2, 0) is 14.3 Å². The Morgan fingerprint density at radius 3 is 2.33 bits per heavy atom. The fourth-order valence-corrected chi connectivity index (χ4v) is 2.86. The summed E-state index contributed by atoms with van der Waals surface area (Å²) < 4.78 is 10.8. The lowest BCUT2D eigenvalue weighted by molar-refractivity contribution is -0.150. The predicted octanol–water partition coefficient (Wildman–Crippen LogP) is 4.40. The van der Waals surface area contributed by atoms with E-state index in [1.807, 2.05) is 57.2 Å². The Bertz CT molecular complexity index is 745. The lowest BCUT2D eigenvalue weighted by Gasteiger charge is -2.21. The van der Waals surface area contributed by atoms with Crippen molar-refractivity contribution in [2.24, 2.45) is 5.92 Å². The van der Waals surface area contributed by atoms with E-state index in [1.165, 1.54) is 0 Å². The molecule has 27 heavy (non-hydrogen) atoms. The first kappa shape index (κ1) is 20.5. The fourth-order valence-electron chi connectivity index (χ4n) is 2.86. The van der Waals surface area contributed by atoms with Crippen molar-refractivity contribution >= 4 is 17.6 Å². The number of nitrogens with one attached hydrogen (secondary N) is 1. The molecule has 0 aliphatic heterocycles. The summed E-state index contributed by atoms with van der Waals surface area (Å²) in [5.41, 5.74) is 1.46. The summed E-state index contributed by atoms with van der Waals surface area (Å²) in [6.07, 6.45) is 0.836. The maximum atomic E-state index is 12.6. The Hall–Kier alpha value is -2.82. The number of carbonyl (C=O) groups is 2. The van der Waals surface area contributed by atoms with Gasteiger partial charge in [0.05, 0.1) is 18.2 Å². The van der Waals surface area contributed by atoms with Crippen molar-refractivity contribution < 1.29 is 19.1 Å². The van der Waals surface area contributed by atoms with Crippen molar-refractivity contribution in [3.05, 3.63) is 60.2 Å². The zero-order valence-electron chi connectivity index (χ0n) is 16.1. The Morgan fingerprint density at radius 1 is 1.00 bits per heavy atom. The molecule has 5 nitrogen and oxygen atoms in total. The van der Waals surface area contributed by atoms with Gasteiger partial charge in [0, 0.05) is 0 Å². The lowest BCUT2D eigenvalue weighted by Crippen LogP contribution is -2.27. The van der Waals surface area contributed by atoms with Gasteiger partial charge < -0.3 is 14.8 Å². The molecule has 2 aromatic carbocycles. The van der Waals surface area contributed by atoms with E-state index in [0.29, 0.717) is 18.0 Å². The maximum absolute atomic E-state index is 12.6. The quantitative estimate of drug-likeness (QED) is 0.666. The molecule has 2 atom stereocenters. The van der Waals surface area contributed by atoms with Crippen LogP contribution in [0.2, 0.25) is 0 Å². The van der Waals surface area contributed by atoms with Gasteiger partial charge >= 0.3 is 5.97 Å². The van der Waals surface area contributed by atoms with Gasteiger partial charge in [-0.2, -0.15) is 0 Å². The van der Waals surface area contributed by atoms with Crippen molar-refractivity contribution in [1.82, 2.24) is 0 Å². The van der Waals surface area contributed by atoms with Crippen LogP contribution in [0.3, 0.4) is 0 Å². The predicted molar refractivity (Wildman–Crippen MR) is 106 cm³/mol. The molecule has 0 bridgehead atoms. The lowest BCUT2D eigenvalue weighted by atomic mass is 9.86. The molecule has 0 saturated heterocycles. The number of hydrogen-bond donors (Lipinski definition) is 1. The number of rotatable bonds is 9. The van der Waals surface area contributed by atoms with Crippen LogP contribution in [0.1, 0.15) is 38.7 Å². The molecule has 5 heteroatoms. The molecular weight excluding hydrogens is 342 g/mol. The van der Waals surface area contributed by atoms with E-state index in [4.69, 9.17) is 9.47 Å². The number of carbonyl (C=O) groups excluding carboxylic acids is 2. The standard InChI is InChI=1S/C22H27NO4/c1-4-16(3)21(17-11-7-6-8-12-17)22(25)27-15-20(24)23-18-13-9-10-14-19(18)26-5-2/h6-14,16,21H,4-5,15H2,1-3H3,(H,23,24)/t16-,21-/m1/s1. The third kappa shape index (κ3) is 5.84. The number of anilines is 1. The SMILES string of the molecule is CCOc1ccccc1NC(=O)COC(=O)[C@@H](c1ccccc1)[C@H](C)CC. The monoisotopic (exact) mass is 369 g/mol. The van der Waals surface area contributed by atoms with E-state index in [-0.39, 0.29) is 24.4 Å². The summed E-state index contributed by atoms with van der Waals surface area (Å²) in [5.74, 6) is -0.474. The molecule has 0 spiro atoms. The first-order chi connectivity index (χ1) is 13.1. The third-order valence-corrected chi connectivity index (χ3v) is 4.43. The molecule has 2 aromatic rings. The molecule has 1 amide bonds. The molecule has 0 saturated carbocycles. The van der Waals surface area contributed by atoms with Gasteiger partial charge in [-0.3, -0.25) is 9.59 Å². The highest BCUT2D eigenvalue weighted by Crippen LogP contribution is 2.28. The van der Waals surface area contributed by atoms with Crippen LogP contribution in [-0.4, -0.2) is 25.1 Å². The van der Waals surface area contributed by atoms with Crippen LogP contribution < -0.4 is 10.1 Å². The van der Waals surface area contributed by atoms with Crippen molar-refractivity contribution in [2.45, 2.75) is 33.1 Å². The molecule has 0 heterocycles. The highest BCUT2D eigenvalue weighted by atomic mass is 16.5. The second kappa shape index (κ2) is 10.4. The average Bonchev–Trinajstić information content (AvgIpc) is 2.69. The normalized spacial score (nSPS) is 12.7. The fraction of sp³-hybridized carbons (Fsp3) is 0.364. The Labute approximate surface area is 160 Å². The highest BCUT2D eigenvalue weighted by molar-refractivity contribution is 5.94. The van der Waals surface area contributed by atoms with Crippen LogP contribution in [0.15, 0.2) is 54.6 Å². The minimum Gasteiger partial charge on any atom is -0.492 e. The maximum Gasteiger partial charge on any atom is 0.314 e. The van der Waals surface area contributed by atoms with E-state index in [1.54, 1.807) is 18.2 Å². The highest BCUT2D eigenvalue weighted by Gasteiger charge is 2.27. The topological polar surface area (TPSA) is 64.6 Å². The number of amides is 1. The molecule has 0 aliphatic carbocycles. The van der Waals surface area contributed by atoms with Crippen molar-refractivity contribution in [2.75, 3.05) is 18.5 Å². The smallest absolute Gasteiger partial charge is 0.314 e. The molecule has 0 fully saturated rings. The molecule has 0 unspecified atom stereocenters. The number of hydrogen-bond acceptors (Lipinski definition) is 4. The summed E-state index contributed by atoms with van der Waals surface area (Å²) in [4.78, 5) is 24.9. The van der Waals surface area contributed by atoms with Gasteiger partial charge in [-0.25, -0.2) is 0 Å². The van der Waals surface area contributed by atoms with Crippen molar-refractivity contribution in [3.8, 4) is 5.75 Å². The Balaban J connectivity index is 1.99. The number of para-hydroxylation sites is 2. The Morgan fingerprint density at radius 2 is 1.67 bits per heavy atom. The minimum atomic E-state index is -0.397. The van der Waals surface area contributed by atoms with Crippen LogP contribution in [0.4, 0.5) is 5.69 Å². The zero-order chi connectivity index (χ0) is 19.6. The molecule has 0 aliphatic rings. The average molecular weight is 369 g/mol. The van der Waals surface area contributed by atoms with Gasteiger partial charge in [-0.05, 0) is 30.5 Å². The van der Waals surface area contributed by atoms with Crippen molar-refractivity contribution in [1.29, 1.82) is 0 Å². The van der Waals surface area contributed by atoms with Gasteiger partial charge in [0.15, 0.2) is 6.61 Å². The van der Waals surface area contributed by atoms with Crippen LogP contribution >= 0.6 is 0 Å². The summed E-state index contributed by atoms with van der Waals surface area (Å²) in [7, 11) is 0. The summed E-state index contributed by atoms with van der Waals surface area (Å²) >= 11 is 0. The summed E-state index contributed by atoms with van der Waals surface area (Å²) in [5, 5.41) is 2.73. The van der Waals surface area contributed by atoms with Gasteiger partial charge in [0.2, 0.25) is 0 Å². The van der Waals surface area contributed by atoms with Gasteiger partial charge in [0.1, 0.15) is 5.75 Å². The van der Waals surface area contributed by atoms with Crippen molar-refractivity contribution in [3.63, 3.8) is 0 Å². The van der Waals surface area contributed by atoms with Crippen LogP contribution in [0.25, 0.3) is 0 Å². The van der Waals surface area contributed by atoms with E-state index in [9.17, 15) is 9.59 Å². The second-order valence-corrected chi connectivity index (χ2v) is 6.36. The Kier molecular flexibility index (Phi) is 7.86. The molecule has 0 aromatic heterocycles. The van der Waals surface area contributed by atoms with Gasteiger partial charge in [0.25, 0.3) is 5.91 Å². The summed E-state index contributed by atoms with van der Waals surface area (Å²) in [6.45, 7) is 6.08. The van der Waals surface area contributed by atoms with E-state index >= 15 is 0 Å². The molecule has 2 rings (SSSR count). The number of ether oxygens (including phenoxy) is 2. The number of benzene rings is 2. The molecule has 144 valence electrons. The molecule has 1 N–H and O–H groups in total. The van der Waals surface area contributed by atoms with Gasteiger partial charge in [-0.1, -0.05) is 62.7 Å². The second-order valence-electron chi connectivity index (χ2n) is 6.36. The summed E-state index contributed by atoms with van der Waals surface area (Å²) in [6, 6.07) is 16.7. The first-order valence-corrected chi connectivity index (χ1v) is 9.30. The number of esters is 1. The van der Waals surface area contributed by atoms with E-state index < -0.39 is 5.91 Å². The molecule has 0 radical (unpaired) electrons.